The highest BCUT2D eigenvalue weighted by Crippen LogP contribution is 2.26. The van der Waals surface area contributed by atoms with Gasteiger partial charge in [0.15, 0.2) is 0 Å². The van der Waals surface area contributed by atoms with Crippen LogP contribution in [0.25, 0.3) is 0 Å². The minimum atomic E-state index is 0.00764. The first kappa shape index (κ1) is 15.3. The Hall–Kier alpha value is -1.10. The van der Waals surface area contributed by atoms with E-state index in [9.17, 15) is 0 Å². The van der Waals surface area contributed by atoms with Crippen LogP contribution in [0.5, 0.6) is 5.75 Å². The molecule has 0 bridgehead atoms. The first-order chi connectivity index (χ1) is 9.65. The number of hydrogen-bond donors (Lipinski definition) is 0. The monoisotopic (exact) mass is 280 g/mol. The zero-order chi connectivity index (χ0) is 14.5. The molecule has 0 spiro atoms. The Morgan fingerprint density at radius 3 is 2.30 bits per heavy atom. The van der Waals surface area contributed by atoms with Gasteiger partial charge in [0.05, 0.1) is 26.4 Å². The lowest BCUT2D eigenvalue weighted by Crippen LogP contribution is -2.39. The molecule has 20 heavy (non-hydrogen) atoms. The summed E-state index contributed by atoms with van der Waals surface area (Å²) in [4.78, 5) is 0. The fraction of sp³-hybridized carbons (Fsp3) is 0.625. The van der Waals surface area contributed by atoms with Crippen molar-refractivity contribution in [2.45, 2.75) is 38.8 Å². The van der Waals surface area contributed by atoms with Crippen molar-refractivity contribution in [3.05, 3.63) is 29.8 Å². The van der Waals surface area contributed by atoms with Crippen LogP contribution in [-0.4, -0.2) is 39.1 Å². The number of ether oxygens (including phenoxy) is 4. The van der Waals surface area contributed by atoms with E-state index in [1.807, 2.05) is 24.3 Å². The van der Waals surface area contributed by atoms with Crippen LogP contribution >= 0.6 is 0 Å². The Balaban J connectivity index is 1.93. The van der Waals surface area contributed by atoms with E-state index in [1.165, 1.54) is 0 Å². The van der Waals surface area contributed by atoms with Crippen molar-refractivity contribution in [3.8, 4) is 5.75 Å². The van der Waals surface area contributed by atoms with Crippen molar-refractivity contribution in [2.24, 2.45) is 5.92 Å². The molecule has 1 aliphatic heterocycles. The standard InChI is InChI=1S/C16H24O4/c1-11(2)15(16(18-4)14-10-19-14)20-9-12-5-7-13(17-3)8-6-12/h5-8,11,14-16H,9-10H2,1-4H3/t14-,15-,16+/m1/s1. The molecule has 0 aliphatic carbocycles. The molecule has 2 rings (SSSR count). The van der Waals surface area contributed by atoms with E-state index in [2.05, 4.69) is 13.8 Å². The second kappa shape index (κ2) is 7.07. The maximum Gasteiger partial charge on any atom is 0.118 e. The zero-order valence-electron chi connectivity index (χ0n) is 12.7. The molecular weight excluding hydrogens is 256 g/mol. The number of hydrogen-bond acceptors (Lipinski definition) is 4. The molecule has 4 heteroatoms. The lowest BCUT2D eigenvalue weighted by atomic mass is 9.99. The Kier molecular flexibility index (Phi) is 5.40. The molecule has 4 nitrogen and oxygen atoms in total. The summed E-state index contributed by atoms with van der Waals surface area (Å²) in [5.41, 5.74) is 1.13. The molecule has 0 unspecified atom stereocenters. The zero-order valence-corrected chi connectivity index (χ0v) is 12.7. The molecule has 112 valence electrons. The summed E-state index contributed by atoms with van der Waals surface area (Å²) in [7, 11) is 3.39. The molecule has 0 aromatic heterocycles. The quantitative estimate of drug-likeness (QED) is 0.686. The number of rotatable bonds is 8. The van der Waals surface area contributed by atoms with Gasteiger partial charge in [0.1, 0.15) is 18.0 Å². The third-order valence-electron chi connectivity index (χ3n) is 3.58. The lowest BCUT2D eigenvalue weighted by molar-refractivity contribution is -0.0933. The normalized spacial score (nSPS) is 20.8. The molecular formula is C16H24O4. The summed E-state index contributed by atoms with van der Waals surface area (Å²) in [6.45, 7) is 5.63. The van der Waals surface area contributed by atoms with Gasteiger partial charge >= 0.3 is 0 Å². The minimum Gasteiger partial charge on any atom is -0.497 e. The summed E-state index contributed by atoms with van der Waals surface area (Å²) in [5.74, 6) is 1.23. The van der Waals surface area contributed by atoms with Crippen LogP contribution in [0.15, 0.2) is 24.3 Å². The second-order valence-corrected chi connectivity index (χ2v) is 5.44. The molecule has 1 aromatic carbocycles. The third-order valence-corrected chi connectivity index (χ3v) is 3.58. The van der Waals surface area contributed by atoms with Gasteiger partial charge in [0.25, 0.3) is 0 Å². The van der Waals surface area contributed by atoms with Crippen molar-refractivity contribution >= 4 is 0 Å². The van der Waals surface area contributed by atoms with Gasteiger partial charge in [-0.1, -0.05) is 26.0 Å². The van der Waals surface area contributed by atoms with Gasteiger partial charge in [-0.2, -0.15) is 0 Å². The predicted molar refractivity (Wildman–Crippen MR) is 76.9 cm³/mol. The van der Waals surface area contributed by atoms with E-state index in [-0.39, 0.29) is 18.3 Å². The number of epoxide rings is 1. The van der Waals surface area contributed by atoms with Gasteiger partial charge in [-0.3, -0.25) is 0 Å². The van der Waals surface area contributed by atoms with Gasteiger partial charge in [0.2, 0.25) is 0 Å². The predicted octanol–water partition coefficient (Wildman–Crippen LogP) is 2.65. The Bertz CT molecular complexity index is 397. The van der Waals surface area contributed by atoms with Gasteiger partial charge in [0, 0.05) is 7.11 Å². The summed E-state index contributed by atoms with van der Waals surface area (Å²) in [6.07, 6.45) is 0.228. The van der Waals surface area contributed by atoms with Crippen molar-refractivity contribution in [1.29, 1.82) is 0 Å². The highest BCUT2D eigenvalue weighted by Gasteiger charge is 2.40. The minimum absolute atomic E-state index is 0.00764. The highest BCUT2D eigenvalue weighted by atomic mass is 16.6. The van der Waals surface area contributed by atoms with Gasteiger partial charge < -0.3 is 18.9 Å². The number of methoxy groups -OCH3 is 2. The fourth-order valence-electron chi connectivity index (χ4n) is 2.32. The molecule has 1 aromatic rings. The SMILES string of the molecule is COc1ccc(CO[C@H](C(C)C)[C@@H](OC)[C@H]2CO2)cc1. The van der Waals surface area contributed by atoms with Gasteiger partial charge in [-0.05, 0) is 23.6 Å². The summed E-state index contributed by atoms with van der Waals surface area (Å²) >= 11 is 0. The maximum absolute atomic E-state index is 6.07. The molecule has 1 fully saturated rings. The van der Waals surface area contributed by atoms with Crippen molar-refractivity contribution in [3.63, 3.8) is 0 Å². The molecule has 0 radical (unpaired) electrons. The van der Waals surface area contributed by atoms with E-state index in [0.29, 0.717) is 12.5 Å². The van der Waals surface area contributed by atoms with Gasteiger partial charge in [-0.15, -0.1) is 0 Å². The Morgan fingerprint density at radius 1 is 1.20 bits per heavy atom. The average molecular weight is 280 g/mol. The summed E-state index contributed by atoms with van der Waals surface area (Å²) in [6, 6.07) is 7.93. The van der Waals surface area contributed by atoms with E-state index in [0.717, 1.165) is 17.9 Å². The van der Waals surface area contributed by atoms with Crippen LogP contribution in [0.1, 0.15) is 19.4 Å². The highest BCUT2D eigenvalue weighted by molar-refractivity contribution is 5.26. The van der Waals surface area contributed by atoms with Crippen LogP contribution in [0.4, 0.5) is 0 Å². The molecule has 3 atom stereocenters. The Labute approximate surface area is 121 Å². The smallest absolute Gasteiger partial charge is 0.118 e. The van der Waals surface area contributed by atoms with Crippen LogP contribution in [0.3, 0.4) is 0 Å². The topological polar surface area (TPSA) is 40.2 Å². The van der Waals surface area contributed by atoms with Crippen LogP contribution in [0, 0.1) is 5.92 Å². The van der Waals surface area contributed by atoms with Crippen LogP contribution in [-0.2, 0) is 20.8 Å². The lowest BCUT2D eigenvalue weighted by Gasteiger charge is -2.28. The van der Waals surface area contributed by atoms with E-state index < -0.39 is 0 Å². The first-order valence-electron chi connectivity index (χ1n) is 7.04. The average Bonchev–Trinajstić information content (AvgIpc) is 3.28. The van der Waals surface area contributed by atoms with E-state index in [1.54, 1.807) is 14.2 Å². The first-order valence-corrected chi connectivity index (χ1v) is 7.04. The van der Waals surface area contributed by atoms with Crippen molar-refractivity contribution < 1.29 is 18.9 Å². The van der Waals surface area contributed by atoms with E-state index >= 15 is 0 Å². The fourth-order valence-corrected chi connectivity index (χ4v) is 2.32. The molecule has 1 heterocycles. The van der Waals surface area contributed by atoms with Crippen LogP contribution < -0.4 is 4.74 Å². The number of benzene rings is 1. The molecule has 1 saturated heterocycles. The van der Waals surface area contributed by atoms with Crippen molar-refractivity contribution in [2.75, 3.05) is 20.8 Å². The van der Waals surface area contributed by atoms with Crippen LogP contribution in [0.2, 0.25) is 0 Å². The van der Waals surface area contributed by atoms with E-state index in [4.69, 9.17) is 18.9 Å². The molecule has 0 saturated carbocycles. The summed E-state index contributed by atoms with van der Waals surface area (Å²) in [5, 5.41) is 0. The third kappa shape index (κ3) is 3.95. The second-order valence-electron chi connectivity index (χ2n) is 5.44. The molecule has 0 N–H and O–H groups in total. The molecule has 1 aliphatic rings. The van der Waals surface area contributed by atoms with Gasteiger partial charge in [-0.25, -0.2) is 0 Å². The Morgan fingerprint density at radius 2 is 1.85 bits per heavy atom. The summed E-state index contributed by atoms with van der Waals surface area (Å²) < 4.78 is 22.1. The largest absolute Gasteiger partial charge is 0.497 e. The maximum atomic E-state index is 6.07. The van der Waals surface area contributed by atoms with Crippen molar-refractivity contribution in [1.82, 2.24) is 0 Å². The molecule has 0 amide bonds.